The average molecular weight is 178 g/mol. The van der Waals surface area contributed by atoms with Crippen LogP contribution in [0.1, 0.15) is 37.8 Å². The molecular formula is C11H18N2. The topological polar surface area (TPSA) is 38.9 Å². The highest BCUT2D eigenvalue weighted by molar-refractivity contribution is 5.46. The van der Waals surface area contributed by atoms with Gasteiger partial charge in [-0.1, -0.05) is 20.8 Å². The van der Waals surface area contributed by atoms with E-state index in [4.69, 9.17) is 5.73 Å². The van der Waals surface area contributed by atoms with Crippen molar-refractivity contribution in [2.45, 2.75) is 33.6 Å². The van der Waals surface area contributed by atoms with Crippen LogP contribution in [0.5, 0.6) is 0 Å². The van der Waals surface area contributed by atoms with Crippen molar-refractivity contribution >= 4 is 5.82 Å². The molecule has 0 aliphatic carbocycles. The van der Waals surface area contributed by atoms with E-state index < -0.39 is 0 Å². The summed E-state index contributed by atoms with van der Waals surface area (Å²) in [4.78, 5) is 4.12. The Morgan fingerprint density at radius 2 is 1.92 bits per heavy atom. The minimum Gasteiger partial charge on any atom is -0.383 e. The van der Waals surface area contributed by atoms with Crippen LogP contribution in [0.15, 0.2) is 12.3 Å². The number of pyridine rings is 1. The van der Waals surface area contributed by atoms with Gasteiger partial charge in [0.2, 0.25) is 0 Å². The first-order valence-electron chi connectivity index (χ1n) is 4.75. The molecule has 0 radical (unpaired) electrons. The summed E-state index contributed by atoms with van der Waals surface area (Å²) >= 11 is 0. The van der Waals surface area contributed by atoms with E-state index in [0.29, 0.717) is 17.7 Å². The average Bonchev–Trinajstić information content (AvgIpc) is 2.03. The molecule has 0 spiro atoms. The van der Waals surface area contributed by atoms with Crippen LogP contribution in [-0.4, -0.2) is 4.98 Å². The van der Waals surface area contributed by atoms with Crippen molar-refractivity contribution in [2.75, 3.05) is 5.73 Å². The highest BCUT2D eigenvalue weighted by Gasteiger charge is 2.15. The molecule has 0 aliphatic rings. The maximum atomic E-state index is 5.85. The Kier molecular flexibility index (Phi) is 2.91. The van der Waals surface area contributed by atoms with Gasteiger partial charge >= 0.3 is 0 Å². The number of nitrogens with zero attached hydrogens (tertiary/aromatic N) is 1. The summed E-state index contributed by atoms with van der Waals surface area (Å²) < 4.78 is 0. The minimum atomic E-state index is 0.480. The van der Waals surface area contributed by atoms with Crippen molar-refractivity contribution in [3.8, 4) is 0 Å². The first-order valence-corrected chi connectivity index (χ1v) is 4.75. The number of rotatable bonds is 2. The van der Waals surface area contributed by atoms with Crippen LogP contribution in [0.3, 0.4) is 0 Å². The van der Waals surface area contributed by atoms with E-state index in [1.807, 2.05) is 6.07 Å². The molecule has 0 fully saturated rings. The first kappa shape index (κ1) is 10.0. The predicted molar refractivity (Wildman–Crippen MR) is 56.6 cm³/mol. The first-order chi connectivity index (χ1) is 6.04. The van der Waals surface area contributed by atoms with Gasteiger partial charge < -0.3 is 5.73 Å². The Balaban J connectivity index is 3.12. The van der Waals surface area contributed by atoms with Crippen molar-refractivity contribution in [1.29, 1.82) is 0 Å². The molecule has 1 rings (SSSR count). The maximum absolute atomic E-state index is 5.85. The zero-order chi connectivity index (χ0) is 10.0. The monoisotopic (exact) mass is 178 g/mol. The van der Waals surface area contributed by atoms with Crippen molar-refractivity contribution in [2.24, 2.45) is 5.92 Å². The summed E-state index contributed by atoms with van der Waals surface area (Å²) in [5.41, 5.74) is 8.30. The number of anilines is 1. The second-order valence-electron chi connectivity index (χ2n) is 3.96. The number of nitrogens with two attached hydrogens (primary N) is 1. The van der Waals surface area contributed by atoms with Crippen molar-refractivity contribution < 1.29 is 0 Å². The van der Waals surface area contributed by atoms with Gasteiger partial charge in [0.25, 0.3) is 0 Å². The van der Waals surface area contributed by atoms with Crippen LogP contribution in [0.4, 0.5) is 5.82 Å². The molecule has 2 heteroatoms. The summed E-state index contributed by atoms with van der Waals surface area (Å²) in [7, 11) is 0. The van der Waals surface area contributed by atoms with Crippen LogP contribution in [0.25, 0.3) is 0 Å². The Hall–Kier alpha value is -1.05. The molecule has 1 aromatic rings. The van der Waals surface area contributed by atoms with E-state index in [9.17, 15) is 0 Å². The number of nitrogen functional groups attached to an aromatic ring is 1. The summed E-state index contributed by atoms with van der Waals surface area (Å²) in [6.07, 6.45) is 1.77. The predicted octanol–water partition coefficient (Wildman–Crippen LogP) is 2.73. The van der Waals surface area contributed by atoms with Crippen LogP contribution < -0.4 is 5.73 Å². The van der Waals surface area contributed by atoms with Gasteiger partial charge in [-0.05, 0) is 30.4 Å². The second-order valence-corrected chi connectivity index (χ2v) is 3.96. The molecular weight excluding hydrogens is 160 g/mol. The molecule has 1 heterocycles. The molecule has 0 saturated heterocycles. The zero-order valence-electron chi connectivity index (χ0n) is 8.83. The lowest BCUT2D eigenvalue weighted by atomic mass is 9.88. The third-order valence-corrected chi connectivity index (χ3v) is 2.69. The summed E-state index contributed by atoms with van der Waals surface area (Å²) in [5, 5.41) is 0. The second kappa shape index (κ2) is 3.77. The van der Waals surface area contributed by atoms with Gasteiger partial charge in [0.1, 0.15) is 5.82 Å². The fourth-order valence-corrected chi connectivity index (χ4v) is 1.52. The fourth-order valence-electron chi connectivity index (χ4n) is 1.52. The van der Waals surface area contributed by atoms with E-state index in [2.05, 4.69) is 32.7 Å². The van der Waals surface area contributed by atoms with Crippen LogP contribution in [0.2, 0.25) is 0 Å². The summed E-state index contributed by atoms with van der Waals surface area (Å²) in [5.74, 6) is 1.76. The van der Waals surface area contributed by atoms with E-state index in [1.165, 1.54) is 11.1 Å². The Morgan fingerprint density at radius 1 is 1.31 bits per heavy atom. The molecule has 1 aromatic heterocycles. The molecule has 0 saturated carbocycles. The lowest BCUT2D eigenvalue weighted by Crippen LogP contribution is -2.08. The molecule has 2 N–H and O–H groups in total. The number of aryl methyl sites for hydroxylation is 1. The van der Waals surface area contributed by atoms with Gasteiger partial charge in [-0.25, -0.2) is 4.98 Å². The quantitative estimate of drug-likeness (QED) is 0.756. The van der Waals surface area contributed by atoms with E-state index in [-0.39, 0.29) is 0 Å². The zero-order valence-corrected chi connectivity index (χ0v) is 8.83. The lowest BCUT2D eigenvalue weighted by Gasteiger charge is -2.19. The fraction of sp³-hybridized carbons (Fsp3) is 0.545. The smallest absolute Gasteiger partial charge is 0.127 e. The highest BCUT2D eigenvalue weighted by Crippen LogP contribution is 2.29. The van der Waals surface area contributed by atoms with Crippen molar-refractivity contribution in [3.05, 3.63) is 23.4 Å². The van der Waals surface area contributed by atoms with Crippen LogP contribution >= 0.6 is 0 Å². The normalized spacial score (nSPS) is 13.3. The molecule has 1 atom stereocenters. The Labute approximate surface area is 80.2 Å². The molecule has 0 bridgehead atoms. The van der Waals surface area contributed by atoms with Crippen molar-refractivity contribution in [1.82, 2.24) is 4.98 Å². The molecule has 0 amide bonds. The van der Waals surface area contributed by atoms with Gasteiger partial charge in [-0.15, -0.1) is 0 Å². The third kappa shape index (κ3) is 2.00. The van der Waals surface area contributed by atoms with Crippen LogP contribution in [-0.2, 0) is 0 Å². The standard InChI is InChI=1S/C11H18N2/c1-7(2)9(4)10-8(3)5-6-13-11(10)12/h5-7,9H,1-4H3,(H2,12,13). The molecule has 13 heavy (non-hydrogen) atoms. The maximum Gasteiger partial charge on any atom is 0.127 e. The third-order valence-electron chi connectivity index (χ3n) is 2.69. The number of hydrogen-bond acceptors (Lipinski definition) is 2. The molecule has 0 aliphatic heterocycles. The number of aromatic nitrogens is 1. The summed E-state index contributed by atoms with van der Waals surface area (Å²) in [6, 6.07) is 2.02. The molecule has 72 valence electrons. The van der Waals surface area contributed by atoms with E-state index in [1.54, 1.807) is 6.20 Å². The largest absolute Gasteiger partial charge is 0.383 e. The number of hydrogen-bond donors (Lipinski definition) is 1. The van der Waals surface area contributed by atoms with Gasteiger partial charge in [0, 0.05) is 11.8 Å². The SMILES string of the molecule is Cc1ccnc(N)c1C(C)C(C)C. The Morgan fingerprint density at radius 3 is 2.38 bits per heavy atom. The molecule has 0 aromatic carbocycles. The van der Waals surface area contributed by atoms with Crippen LogP contribution in [0, 0.1) is 12.8 Å². The van der Waals surface area contributed by atoms with Crippen molar-refractivity contribution in [3.63, 3.8) is 0 Å². The summed E-state index contributed by atoms with van der Waals surface area (Å²) in [6.45, 7) is 8.70. The molecule has 1 unspecified atom stereocenters. The van der Waals surface area contributed by atoms with E-state index in [0.717, 1.165) is 0 Å². The highest BCUT2D eigenvalue weighted by atomic mass is 14.8. The van der Waals surface area contributed by atoms with Gasteiger partial charge in [0.15, 0.2) is 0 Å². The lowest BCUT2D eigenvalue weighted by molar-refractivity contribution is 0.533. The minimum absolute atomic E-state index is 0.480. The Bertz CT molecular complexity index is 272. The van der Waals surface area contributed by atoms with Gasteiger partial charge in [0.05, 0.1) is 0 Å². The van der Waals surface area contributed by atoms with E-state index >= 15 is 0 Å². The van der Waals surface area contributed by atoms with Gasteiger partial charge in [-0.3, -0.25) is 0 Å². The molecule has 2 nitrogen and oxygen atoms in total. The van der Waals surface area contributed by atoms with Gasteiger partial charge in [-0.2, -0.15) is 0 Å².